The average Bonchev–Trinajstić information content (AvgIpc) is 2.12. The van der Waals surface area contributed by atoms with Crippen molar-refractivity contribution in [3.8, 4) is 0 Å². The third kappa shape index (κ3) is 1.43. The molecule has 1 aliphatic rings. The van der Waals surface area contributed by atoms with E-state index in [1.807, 2.05) is 0 Å². The van der Waals surface area contributed by atoms with E-state index in [1.54, 1.807) is 0 Å². The Balaban J connectivity index is 2.24. The third-order valence-electron chi connectivity index (χ3n) is 1.65. The molecule has 1 nitrogen and oxygen atoms in total. The summed E-state index contributed by atoms with van der Waals surface area (Å²) in [5, 5.41) is 0. The second-order valence-corrected chi connectivity index (χ2v) is 5.22. The van der Waals surface area contributed by atoms with Crippen LogP contribution < -0.4 is 0 Å². The maximum Gasteiger partial charge on any atom is -0.00972 e. The SMILES string of the molecule is CN(C)P1CCCC1. The highest BCUT2D eigenvalue weighted by Gasteiger charge is 2.15. The summed E-state index contributed by atoms with van der Waals surface area (Å²) in [6.45, 7) is 0. The van der Waals surface area contributed by atoms with E-state index in [1.165, 1.54) is 25.2 Å². The Morgan fingerprint density at radius 2 is 1.62 bits per heavy atom. The predicted molar refractivity (Wildman–Crippen MR) is 39.6 cm³/mol. The van der Waals surface area contributed by atoms with Gasteiger partial charge in [-0.15, -0.1) is 0 Å². The molecule has 0 aliphatic carbocycles. The van der Waals surface area contributed by atoms with Crippen LogP contribution in [0.1, 0.15) is 12.8 Å². The van der Waals surface area contributed by atoms with Crippen LogP contribution in [0.2, 0.25) is 0 Å². The molecule has 0 unspecified atom stereocenters. The lowest BCUT2D eigenvalue weighted by atomic mass is 10.4. The molecule has 48 valence electrons. The lowest BCUT2D eigenvalue weighted by Crippen LogP contribution is -2.04. The lowest BCUT2D eigenvalue weighted by molar-refractivity contribution is 0.679. The van der Waals surface area contributed by atoms with Crippen LogP contribution in [0.3, 0.4) is 0 Å². The van der Waals surface area contributed by atoms with Crippen molar-refractivity contribution < 1.29 is 0 Å². The van der Waals surface area contributed by atoms with E-state index in [9.17, 15) is 0 Å². The summed E-state index contributed by atoms with van der Waals surface area (Å²) in [5.74, 6) is 0. The quantitative estimate of drug-likeness (QED) is 0.490. The molecule has 0 atom stereocenters. The van der Waals surface area contributed by atoms with Crippen LogP contribution in [-0.4, -0.2) is 31.1 Å². The molecule has 1 rings (SSSR count). The van der Waals surface area contributed by atoms with Gasteiger partial charge in [0.15, 0.2) is 0 Å². The fraction of sp³-hybridized carbons (Fsp3) is 1.00. The van der Waals surface area contributed by atoms with Gasteiger partial charge in [-0.25, -0.2) is 0 Å². The molecule has 1 fully saturated rings. The first-order chi connectivity index (χ1) is 3.80. The van der Waals surface area contributed by atoms with Crippen LogP contribution in [-0.2, 0) is 0 Å². The van der Waals surface area contributed by atoms with Crippen molar-refractivity contribution in [1.82, 2.24) is 4.67 Å². The molecule has 0 bridgehead atoms. The van der Waals surface area contributed by atoms with Gasteiger partial charge in [0, 0.05) is 0 Å². The number of rotatable bonds is 1. The van der Waals surface area contributed by atoms with E-state index in [2.05, 4.69) is 18.8 Å². The second-order valence-electron chi connectivity index (χ2n) is 2.51. The van der Waals surface area contributed by atoms with Gasteiger partial charge in [0.25, 0.3) is 0 Å². The van der Waals surface area contributed by atoms with E-state index < -0.39 is 0 Å². The van der Waals surface area contributed by atoms with E-state index in [-0.39, 0.29) is 0 Å². The topological polar surface area (TPSA) is 3.24 Å². The van der Waals surface area contributed by atoms with Crippen LogP contribution in [0.15, 0.2) is 0 Å². The molecule has 0 N–H and O–H groups in total. The molecule has 8 heavy (non-hydrogen) atoms. The average molecular weight is 131 g/mol. The van der Waals surface area contributed by atoms with Crippen molar-refractivity contribution in [2.75, 3.05) is 26.4 Å². The molecular formula is C6H14NP. The fourth-order valence-electron chi connectivity index (χ4n) is 1.10. The zero-order valence-electron chi connectivity index (χ0n) is 5.72. The fourth-order valence-corrected chi connectivity index (χ4v) is 3.30. The highest BCUT2D eigenvalue weighted by Crippen LogP contribution is 2.44. The van der Waals surface area contributed by atoms with E-state index in [0.29, 0.717) is 8.07 Å². The smallest absolute Gasteiger partial charge is 0.00972 e. The molecule has 0 aromatic rings. The Kier molecular flexibility index (Phi) is 2.27. The van der Waals surface area contributed by atoms with E-state index >= 15 is 0 Å². The Morgan fingerprint density at radius 3 is 1.88 bits per heavy atom. The lowest BCUT2D eigenvalue weighted by Gasteiger charge is -2.17. The highest BCUT2D eigenvalue weighted by molar-refractivity contribution is 7.55. The molecule has 0 saturated carbocycles. The molecule has 1 saturated heterocycles. The van der Waals surface area contributed by atoms with Gasteiger partial charge in [0.05, 0.1) is 0 Å². The van der Waals surface area contributed by atoms with Gasteiger partial charge < -0.3 is 0 Å². The number of nitrogens with zero attached hydrogens (tertiary/aromatic N) is 1. The summed E-state index contributed by atoms with van der Waals surface area (Å²) in [6.07, 6.45) is 5.93. The molecule has 1 heterocycles. The third-order valence-corrected chi connectivity index (χ3v) is 4.44. The zero-order valence-corrected chi connectivity index (χ0v) is 6.62. The minimum absolute atomic E-state index is 0.329. The molecule has 0 aromatic heterocycles. The molecule has 0 amide bonds. The van der Waals surface area contributed by atoms with E-state index in [4.69, 9.17) is 0 Å². The van der Waals surface area contributed by atoms with Crippen LogP contribution in [0, 0.1) is 0 Å². The van der Waals surface area contributed by atoms with Crippen molar-refractivity contribution in [3.63, 3.8) is 0 Å². The molecule has 0 aromatic carbocycles. The van der Waals surface area contributed by atoms with Crippen LogP contribution >= 0.6 is 8.07 Å². The molecule has 2 heteroatoms. The Hall–Kier alpha value is 0.390. The van der Waals surface area contributed by atoms with Crippen molar-refractivity contribution in [3.05, 3.63) is 0 Å². The zero-order chi connectivity index (χ0) is 5.98. The van der Waals surface area contributed by atoms with Crippen LogP contribution in [0.5, 0.6) is 0 Å². The Labute approximate surface area is 52.9 Å². The van der Waals surface area contributed by atoms with Gasteiger partial charge in [-0.3, -0.25) is 4.67 Å². The Bertz CT molecular complexity index is 66.9. The second kappa shape index (κ2) is 2.80. The first-order valence-electron chi connectivity index (χ1n) is 3.23. The summed E-state index contributed by atoms with van der Waals surface area (Å²) in [6, 6.07) is 0. The van der Waals surface area contributed by atoms with Crippen LogP contribution in [0.4, 0.5) is 0 Å². The standard InChI is InChI=1S/C6H14NP/c1-7(2)8-5-3-4-6-8/h3-6H2,1-2H3. The van der Waals surface area contributed by atoms with Crippen molar-refractivity contribution in [1.29, 1.82) is 0 Å². The first kappa shape index (κ1) is 6.51. The van der Waals surface area contributed by atoms with Crippen molar-refractivity contribution >= 4 is 8.07 Å². The molecule has 0 radical (unpaired) electrons. The number of hydrogen-bond acceptors (Lipinski definition) is 1. The summed E-state index contributed by atoms with van der Waals surface area (Å²) >= 11 is 0. The predicted octanol–water partition coefficient (Wildman–Crippen LogP) is 1.74. The van der Waals surface area contributed by atoms with Gasteiger partial charge in [0.1, 0.15) is 0 Å². The molecular weight excluding hydrogens is 117 g/mol. The molecule has 1 aliphatic heterocycles. The summed E-state index contributed by atoms with van der Waals surface area (Å²) in [4.78, 5) is 0. The summed E-state index contributed by atoms with van der Waals surface area (Å²) in [7, 11) is 4.74. The van der Waals surface area contributed by atoms with Gasteiger partial charge in [-0.2, -0.15) is 0 Å². The van der Waals surface area contributed by atoms with E-state index in [0.717, 1.165) is 0 Å². The summed E-state index contributed by atoms with van der Waals surface area (Å²) < 4.78 is 2.41. The van der Waals surface area contributed by atoms with Crippen LogP contribution in [0.25, 0.3) is 0 Å². The van der Waals surface area contributed by atoms with Gasteiger partial charge >= 0.3 is 0 Å². The molecule has 0 spiro atoms. The maximum absolute atomic E-state index is 2.41. The normalized spacial score (nSPS) is 22.9. The minimum Gasteiger partial charge on any atom is -0.288 e. The van der Waals surface area contributed by atoms with Crippen molar-refractivity contribution in [2.45, 2.75) is 12.8 Å². The largest absolute Gasteiger partial charge is 0.288 e. The van der Waals surface area contributed by atoms with Gasteiger partial charge in [-0.05, 0) is 47.3 Å². The van der Waals surface area contributed by atoms with Gasteiger partial charge in [-0.1, -0.05) is 0 Å². The summed E-state index contributed by atoms with van der Waals surface area (Å²) in [5.41, 5.74) is 0. The maximum atomic E-state index is 2.41. The van der Waals surface area contributed by atoms with Gasteiger partial charge in [0.2, 0.25) is 0 Å². The first-order valence-corrected chi connectivity index (χ1v) is 4.89. The number of hydrogen-bond donors (Lipinski definition) is 0. The van der Waals surface area contributed by atoms with Crippen molar-refractivity contribution in [2.24, 2.45) is 0 Å². The monoisotopic (exact) mass is 131 g/mol. The highest BCUT2D eigenvalue weighted by atomic mass is 31.1. The minimum atomic E-state index is 0.329. The Morgan fingerprint density at radius 1 is 1.12 bits per heavy atom.